The van der Waals surface area contributed by atoms with Gasteiger partial charge in [-0.25, -0.2) is 9.18 Å². The summed E-state index contributed by atoms with van der Waals surface area (Å²) in [4.78, 5) is 12.9. The molecule has 0 spiro atoms. The molecule has 1 heterocycles. The first-order chi connectivity index (χ1) is 15.0. The summed E-state index contributed by atoms with van der Waals surface area (Å²) in [6, 6.07) is 4.01. The number of carbonyl (C=O) groups excluding carboxylic acids is 1. The second kappa shape index (κ2) is 10.0. The van der Waals surface area contributed by atoms with E-state index in [2.05, 4.69) is 20.8 Å². The highest BCUT2D eigenvalue weighted by Crippen LogP contribution is 2.42. The minimum Gasteiger partial charge on any atom is -0.458 e. The van der Waals surface area contributed by atoms with Crippen LogP contribution in [0.4, 0.5) is 4.39 Å². The van der Waals surface area contributed by atoms with Gasteiger partial charge >= 0.3 is 5.97 Å². The van der Waals surface area contributed by atoms with Crippen LogP contribution in [0.5, 0.6) is 0 Å². The Morgan fingerprint density at radius 1 is 1.00 bits per heavy atom. The van der Waals surface area contributed by atoms with E-state index in [-0.39, 0.29) is 23.4 Å². The first-order valence-electron chi connectivity index (χ1n) is 13.0. The molecule has 2 atom stereocenters. The molecule has 0 N–H and O–H groups in total. The molecule has 1 aromatic rings. The Hall–Kier alpha value is -1.38. The lowest BCUT2D eigenvalue weighted by Gasteiger charge is -2.37. The quantitative estimate of drug-likeness (QED) is 0.431. The molecule has 2 nitrogen and oxygen atoms in total. The summed E-state index contributed by atoms with van der Waals surface area (Å²) in [5.41, 5.74) is 1.83. The van der Waals surface area contributed by atoms with E-state index in [1.54, 1.807) is 0 Å². The number of hydrogen-bond donors (Lipinski definition) is 0. The monoisotopic (exact) mass is 428 g/mol. The maximum Gasteiger partial charge on any atom is 0.341 e. The van der Waals surface area contributed by atoms with E-state index >= 15 is 4.39 Å². The molecule has 2 fully saturated rings. The van der Waals surface area contributed by atoms with Gasteiger partial charge < -0.3 is 4.74 Å². The van der Waals surface area contributed by atoms with Gasteiger partial charge in [0.15, 0.2) is 0 Å². The largest absolute Gasteiger partial charge is 0.458 e. The number of esters is 1. The van der Waals surface area contributed by atoms with Gasteiger partial charge in [0, 0.05) is 6.42 Å². The summed E-state index contributed by atoms with van der Waals surface area (Å²) in [5.74, 6) is 2.13. The molecule has 1 aromatic carbocycles. The van der Waals surface area contributed by atoms with Crippen molar-refractivity contribution in [1.82, 2.24) is 0 Å². The number of halogens is 1. The van der Waals surface area contributed by atoms with E-state index in [4.69, 9.17) is 4.74 Å². The van der Waals surface area contributed by atoms with Gasteiger partial charge in [0.25, 0.3) is 0 Å². The number of rotatable bonds is 6. The maximum absolute atomic E-state index is 15.5. The van der Waals surface area contributed by atoms with E-state index in [0.717, 1.165) is 35.8 Å². The zero-order valence-corrected chi connectivity index (χ0v) is 19.8. The summed E-state index contributed by atoms with van der Waals surface area (Å²) in [7, 11) is 0. The number of ether oxygens (including phenoxy) is 1. The predicted octanol–water partition coefficient (Wildman–Crippen LogP) is 7.83. The summed E-state index contributed by atoms with van der Waals surface area (Å²) < 4.78 is 21.4. The van der Waals surface area contributed by atoms with Gasteiger partial charge in [-0.1, -0.05) is 65.0 Å². The molecule has 2 saturated carbocycles. The number of fused-ring (bicyclic) bond motifs is 1. The van der Waals surface area contributed by atoms with Crippen molar-refractivity contribution in [3.63, 3.8) is 0 Å². The van der Waals surface area contributed by atoms with Crippen LogP contribution in [0.3, 0.4) is 0 Å². The van der Waals surface area contributed by atoms with Crippen molar-refractivity contribution in [3.8, 4) is 0 Å². The van der Waals surface area contributed by atoms with Crippen LogP contribution in [0.25, 0.3) is 0 Å². The number of cyclic esters (lactones) is 1. The van der Waals surface area contributed by atoms with Crippen LogP contribution in [-0.4, -0.2) is 12.1 Å². The van der Waals surface area contributed by atoms with Crippen molar-refractivity contribution < 1.29 is 13.9 Å². The summed E-state index contributed by atoms with van der Waals surface area (Å²) >= 11 is 0. The van der Waals surface area contributed by atoms with Crippen LogP contribution < -0.4 is 0 Å². The minimum atomic E-state index is -0.431. The molecule has 0 radical (unpaired) electrons. The van der Waals surface area contributed by atoms with Crippen LogP contribution in [0, 0.1) is 29.5 Å². The Labute approximate surface area is 188 Å². The number of carbonyl (C=O) groups is 1. The topological polar surface area (TPSA) is 26.3 Å². The Bertz CT molecular complexity index is 757. The summed E-state index contributed by atoms with van der Waals surface area (Å²) in [6.45, 7) is 6.76. The van der Waals surface area contributed by atoms with Gasteiger partial charge in [0.05, 0.1) is 5.56 Å². The Kier molecular flexibility index (Phi) is 7.39. The molecule has 4 rings (SSSR count). The van der Waals surface area contributed by atoms with Crippen molar-refractivity contribution >= 4 is 5.97 Å². The fourth-order valence-electron chi connectivity index (χ4n) is 6.68. The van der Waals surface area contributed by atoms with E-state index in [1.165, 1.54) is 57.8 Å². The molecule has 2 unspecified atom stereocenters. The molecule has 2 aliphatic carbocycles. The summed E-state index contributed by atoms with van der Waals surface area (Å²) in [6.07, 6.45) is 13.8. The second-order valence-electron chi connectivity index (χ2n) is 10.7. The van der Waals surface area contributed by atoms with Gasteiger partial charge in [-0.15, -0.1) is 0 Å². The number of hydrogen-bond acceptors (Lipinski definition) is 2. The SMILES string of the molecule is CCCC1CCC(c2ccc3c(c2F)C(=O)OC(C(C)C2CCC(CC)CC2)C3)CC1. The molecular formula is C28H41FO2. The third kappa shape index (κ3) is 4.86. The van der Waals surface area contributed by atoms with Crippen molar-refractivity contribution in [2.75, 3.05) is 0 Å². The van der Waals surface area contributed by atoms with Crippen LogP contribution >= 0.6 is 0 Å². The van der Waals surface area contributed by atoms with E-state index < -0.39 is 5.97 Å². The first-order valence-corrected chi connectivity index (χ1v) is 13.0. The van der Waals surface area contributed by atoms with Gasteiger partial charge in [0.1, 0.15) is 11.9 Å². The third-order valence-electron chi connectivity index (χ3n) is 8.92. The van der Waals surface area contributed by atoms with Crippen LogP contribution in [-0.2, 0) is 11.2 Å². The highest BCUT2D eigenvalue weighted by molar-refractivity contribution is 5.93. The fraction of sp³-hybridized carbons (Fsp3) is 0.750. The fourth-order valence-corrected chi connectivity index (χ4v) is 6.68. The van der Waals surface area contributed by atoms with E-state index in [0.29, 0.717) is 18.3 Å². The smallest absolute Gasteiger partial charge is 0.341 e. The van der Waals surface area contributed by atoms with Gasteiger partial charge in [0.2, 0.25) is 0 Å². The van der Waals surface area contributed by atoms with Crippen LogP contribution in [0.2, 0.25) is 0 Å². The van der Waals surface area contributed by atoms with Crippen LogP contribution in [0.15, 0.2) is 12.1 Å². The van der Waals surface area contributed by atoms with Crippen LogP contribution in [0.1, 0.15) is 119 Å². The Morgan fingerprint density at radius 2 is 1.68 bits per heavy atom. The van der Waals surface area contributed by atoms with E-state index in [1.807, 2.05) is 12.1 Å². The standard InChI is InChI=1S/C28H41FO2/c1-4-6-20-9-13-22(14-10-20)24-16-15-23-17-25(31-28(30)26(23)27(24)29)18(3)21-11-7-19(5-2)8-12-21/h15-16,18-22,25H,4-14,17H2,1-3H3. The van der Waals surface area contributed by atoms with Gasteiger partial charge in [-0.2, -0.15) is 0 Å². The first kappa shape index (κ1) is 22.8. The summed E-state index contributed by atoms with van der Waals surface area (Å²) in [5, 5.41) is 0. The number of benzene rings is 1. The molecular weight excluding hydrogens is 387 g/mol. The van der Waals surface area contributed by atoms with E-state index in [9.17, 15) is 4.79 Å². The molecule has 3 heteroatoms. The Balaban J connectivity index is 1.44. The van der Waals surface area contributed by atoms with Gasteiger partial charge in [-0.05, 0) is 79.2 Å². The zero-order valence-electron chi connectivity index (χ0n) is 19.8. The lowest BCUT2D eigenvalue weighted by atomic mass is 9.72. The third-order valence-corrected chi connectivity index (χ3v) is 8.92. The molecule has 31 heavy (non-hydrogen) atoms. The second-order valence-corrected chi connectivity index (χ2v) is 10.7. The Morgan fingerprint density at radius 3 is 2.32 bits per heavy atom. The van der Waals surface area contributed by atoms with Crippen molar-refractivity contribution in [2.45, 2.75) is 110 Å². The molecule has 172 valence electrons. The molecule has 3 aliphatic rings. The zero-order chi connectivity index (χ0) is 22.0. The normalized spacial score (nSPS) is 32.3. The highest BCUT2D eigenvalue weighted by atomic mass is 19.1. The van der Waals surface area contributed by atoms with Crippen molar-refractivity contribution in [1.29, 1.82) is 0 Å². The lowest BCUT2D eigenvalue weighted by molar-refractivity contribution is -0.00406. The predicted molar refractivity (Wildman–Crippen MR) is 124 cm³/mol. The maximum atomic E-state index is 15.5. The average Bonchev–Trinajstić information content (AvgIpc) is 2.79. The highest BCUT2D eigenvalue weighted by Gasteiger charge is 2.38. The molecule has 0 amide bonds. The average molecular weight is 429 g/mol. The van der Waals surface area contributed by atoms with Gasteiger partial charge in [-0.3, -0.25) is 0 Å². The molecule has 1 aliphatic heterocycles. The van der Waals surface area contributed by atoms with Crippen molar-refractivity contribution in [3.05, 3.63) is 34.6 Å². The van der Waals surface area contributed by atoms with Crippen molar-refractivity contribution in [2.24, 2.45) is 23.7 Å². The molecule has 0 bridgehead atoms. The lowest BCUT2D eigenvalue weighted by Crippen LogP contribution is -2.38. The minimum absolute atomic E-state index is 0.113. The molecule has 0 saturated heterocycles. The molecule has 0 aromatic heterocycles.